The Labute approximate surface area is 141 Å². The molecule has 0 bridgehead atoms. The summed E-state index contributed by atoms with van der Waals surface area (Å²) in [6, 6.07) is 8.33. The summed E-state index contributed by atoms with van der Waals surface area (Å²) in [5, 5.41) is 0.262. The fraction of sp³-hybridized carbons (Fsp3) is 0.538. The molecular weight excluding hydrogens is 295 g/mol. The van der Waals surface area contributed by atoms with E-state index >= 15 is 0 Å². The Morgan fingerprint density at radius 1 is 0.944 bits per heavy atom. The first kappa shape index (κ1) is 23.7. The average Bonchev–Trinajstić information content (AvgIpc) is 2.06. The molecule has 0 unspecified atom stereocenters. The molecule has 1 aromatic rings. The predicted octanol–water partition coefficient (Wildman–Crippen LogP) is -1.99. The molecule has 0 aliphatic rings. The number of rotatable bonds is 2. The standard InChI is InChI=1S/C13H22OSi.2ClH.Mg/c1-11-7-9-12(10-8-11)14-15(5,6)13(2,3)4;;;/h7-10H,1-6H3;2*1H;/q;;;+2/p-2. The van der Waals surface area contributed by atoms with E-state index in [1.807, 2.05) is 0 Å². The summed E-state index contributed by atoms with van der Waals surface area (Å²) in [4.78, 5) is 0. The molecule has 1 aromatic carbocycles. The summed E-state index contributed by atoms with van der Waals surface area (Å²) in [5.74, 6) is 1.01. The van der Waals surface area contributed by atoms with Crippen LogP contribution in [0.4, 0.5) is 0 Å². The zero-order valence-electron chi connectivity index (χ0n) is 12.2. The van der Waals surface area contributed by atoms with Gasteiger partial charge in [-0.3, -0.25) is 0 Å². The molecule has 0 fully saturated rings. The molecule has 0 aliphatic heterocycles. The van der Waals surface area contributed by atoms with Gasteiger partial charge in [-0.1, -0.05) is 38.5 Å². The van der Waals surface area contributed by atoms with Crippen molar-refractivity contribution < 1.29 is 29.2 Å². The van der Waals surface area contributed by atoms with Gasteiger partial charge in [-0.05, 0) is 37.2 Å². The third-order valence-corrected chi connectivity index (χ3v) is 7.56. The maximum Gasteiger partial charge on any atom is 2.00 e. The molecule has 0 heterocycles. The number of aryl methyl sites for hydroxylation is 1. The van der Waals surface area contributed by atoms with E-state index in [2.05, 4.69) is 65.1 Å². The summed E-state index contributed by atoms with van der Waals surface area (Å²) in [7, 11) is -1.66. The molecule has 18 heavy (non-hydrogen) atoms. The van der Waals surface area contributed by atoms with Crippen LogP contribution in [-0.2, 0) is 0 Å². The molecule has 1 rings (SSSR count). The van der Waals surface area contributed by atoms with Gasteiger partial charge >= 0.3 is 23.1 Å². The summed E-state index contributed by atoms with van der Waals surface area (Å²) < 4.78 is 6.16. The molecule has 100 valence electrons. The second-order valence-corrected chi connectivity index (χ2v) is 10.4. The first-order valence-corrected chi connectivity index (χ1v) is 8.39. The van der Waals surface area contributed by atoms with Crippen molar-refractivity contribution in [2.24, 2.45) is 0 Å². The Hall–Kier alpha value is 0.583. The fourth-order valence-corrected chi connectivity index (χ4v) is 2.09. The summed E-state index contributed by atoms with van der Waals surface area (Å²) in [5.41, 5.74) is 1.28. The van der Waals surface area contributed by atoms with Gasteiger partial charge in [0, 0.05) is 0 Å². The second kappa shape index (κ2) is 8.69. The summed E-state index contributed by atoms with van der Waals surface area (Å²) in [6.45, 7) is 13.4. The minimum atomic E-state index is -1.66. The molecule has 0 atom stereocenters. The van der Waals surface area contributed by atoms with Crippen LogP contribution >= 0.6 is 0 Å². The smallest absolute Gasteiger partial charge is 1.00 e. The quantitative estimate of drug-likeness (QED) is 0.574. The Kier molecular flexibility index (Phi) is 11.4. The third-order valence-electron chi connectivity index (χ3n) is 3.20. The van der Waals surface area contributed by atoms with E-state index in [1.165, 1.54) is 5.56 Å². The minimum absolute atomic E-state index is 0. The van der Waals surface area contributed by atoms with Crippen molar-refractivity contribution in [3.8, 4) is 5.75 Å². The van der Waals surface area contributed by atoms with Crippen LogP contribution in [0.2, 0.25) is 18.1 Å². The topological polar surface area (TPSA) is 9.23 Å². The molecular formula is C13H22Cl2MgOSi. The Bertz CT molecular complexity index is 334. The van der Waals surface area contributed by atoms with Gasteiger partial charge in [-0.25, -0.2) is 0 Å². The largest absolute Gasteiger partial charge is 2.00 e. The third kappa shape index (κ3) is 6.66. The summed E-state index contributed by atoms with van der Waals surface area (Å²) >= 11 is 0. The van der Waals surface area contributed by atoms with Crippen molar-refractivity contribution in [1.82, 2.24) is 0 Å². The number of hydrogen-bond donors (Lipinski definition) is 0. The van der Waals surface area contributed by atoms with Gasteiger partial charge in [0.1, 0.15) is 5.75 Å². The van der Waals surface area contributed by atoms with Crippen molar-refractivity contribution >= 4 is 31.4 Å². The molecule has 0 saturated heterocycles. The van der Waals surface area contributed by atoms with Crippen LogP contribution in [0.5, 0.6) is 5.75 Å². The Balaban J connectivity index is -0.000000750. The van der Waals surface area contributed by atoms with Gasteiger partial charge in [-0.15, -0.1) is 0 Å². The van der Waals surface area contributed by atoms with E-state index in [-0.39, 0.29) is 52.9 Å². The van der Waals surface area contributed by atoms with Gasteiger partial charge in [0.25, 0.3) is 0 Å². The van der Waals surface area contributed by atoms with E-state index in [9.17, 15) is 0 Å². The molecule has 0 amide bonds. The molecule has 0 radical (unpaired) electrons. The molecule has 5 heteroatoms. The van der Waals surface area contributed by atoms with Crippen LogP contribution in [0.3, 0.4) is 0 Å². The molecule has 1 nitrogen and oxygen atoms in total. The fourth-order valence-electron chi connectivity index (χ4n) is 1.05. The van der Waals surface area contributed by atoms with Crippen LogP contribution < -0.4 is 29.2 Å². The van der Waals surface area contributed by atoms with Crippen molar-refractivity contribution in [2.75, 3.05) is 0 Å². The van der Waals surface area contributed by atoms with Crippen molar-refractivity contribution in [3.63, 3.8) is 0 Å². The van der Waals surface area contributed by atoms with E-state index in [4.69, 9.17) is 4.43 Å². The van der Waals surface area contributed by atoms with Gasteiger partial charge in [0.15, 0.2) is 0 Å². The van der Waals surface area contributed by atoms with Crippen LogP contribution in [-0.4, -0.2) is 31.4 Å². The van der Waals surface area contributed by atoms with E-state index < -0.39 is 8.32 Å². The normalized spacial score (nSPS) is 10.6. The minimum Gasteiger partial charge on any atom is -1.00 e. The Morgan fingerprint density at radius 3 is 1.67 bits per heavy atom. The molecule has 0 aromatic heterocycles. The maximum atomic E-state index is 6.16. The van der Waals surface area contributed by atoms with Gasteiger partial charge in [0.2, 0.25) is 8.32 Å². The van der Waals surface area contributed by atoms with Gasteiger partial charge in [-0.2, -0.15) is 0 Å². The van der Waals surface area contributed by atoms with Crippen LogP contribution in [0, 0.1) is 6.92 Å². The van der Waals surface area contributed by atoms with Crippen LogP contribution in [0.1, 0.15) is 26.3 Å². The van der Waals surface area contributed by atoms with Crippen molar-refractivity contribution in [1.29, 1.82) is 0 Å². The van der Waals surface area contributed by atoms with E-state index in [0.717, 1.165) is 5.75 Å². The molecule has 0 saturated carbocycles. The number of halogens is 2. The van der Waals surface area contributed by atoms with Gasteiger partial charge < -0.3 is 29.2 Å². The zero-order valence-corrected chi connectivity index (χ0v) is 16.1. The number of hydrogen-bond acceptors (Lipinski definition) is 1. The summed E-state index contributed by atoms with van der Waals surface area (Å²) in [6.07, 6.45) is 0. The van der Waals surface area contributed by atoms with E-state index in [1.54, 1.807) is 0 Å². The molecule has 0 N–H and O–H groups in total. The van der Waals surface area contributed by atoms with Crippen molar-refractivity contribution in [3.05, 3.63) is 29.8 Å². The second-order valence-electron chi connectivity index (χ2n) is 5.68. The van der Waals surface area contributed by atoms with Crippen LogP contribution in [0.25, 0.3) is 0 Å². The monoisotopic (exact) mass is 316 g/mol. The first-order chi connectivity index (χ1) is 6.72. The molecule has 0 aliphatic carbocycles. The SMILES string of the molecule is Cc1ccc(O[Si](C)(C)C(C)(C)C)cc1.[Cl-].[Cl-].[Mg+2]. The van der Waals surface area contributed by atoms with Gasteiger partial charge in [0.05, 0.1) is 0 Å². The van der Waals surface area contributed by atoms with Crippen molar-refractivity contribution in [2.45, 2.75) is 45.8 Å². The zero-order chi connectivity index (χ0) is 11.7. The Morgan fingerprint density at radius 2 is 1.33 bits per heavy atom. The average molecular weight is 318 g/mol. The number of benzene rings is 1. The molecule has 0 spiro atoms. The van der Waals surface area contributed by atoms with Crippen LogP contribution in [0.15, 0.2) is 24.3 Å². The maximum absolute atomic E-state index is 6.16. The predicted molar refractivity (Wildman–Crippen MR) is 74.8 cm³/mol. The first-order valence-electron chi connectivity index (χ1n) is 5.48. The van der Waals surface area contributed by atoms with E-state index in [0.29, 0.717) is 0 Å².